The topological polar surface area (TPSA) is 26.0 Å². The number of pyridine rings is 1. The van der Waals surface area contributed by atoms with Gasteiger partial charge in [-0.25, -0.2) is 4.39 Å². The maximum Gasteiger partial charge on any atom is 0.145 e. The number of aryl methyl sites for hydroxylation is 1. The highest BCUT2D eigenvalue weighted by Gasteiger charge is 2.14. The van der Waals surface area contributed by atoms with Crippen LogP contribution in [0.5, 0.6) is 0 Å². The molecule has 0 radical (unpaired) electrons. The van der Waals surface area contributed by atoms with Crippen LogP contribution < -0.4 is 0 Å². The van der Waals surface area contributed by atoms with Crippen molar-refractivity contribution in [2.45, 2.75) is 6.85 Å². The van der Waals surface area contributed by atoms with Crippen LogP contribution in [0.3, 0.4) is 0 Å². The van der Waals surface area contributed by atoms with Crippen LogP contribution in [-0.4, -0.2) is 4.98 Å². The average molecular weight is 280 g/mol. The number of para-hydroxylation sites is 1. The molecule has 2 heterocycles. The SMILES string of the molecule is [2H]C([2H])([2H])c1ccc(-c2cc(F)cc3c2oc2ccccc23)nc1. The summed E-state index contributed by atoms with van der Waals surface area (Å²) >= 11 is 0. The lowest BCUT2D eigenvalue weighted by Gasteiger charge is -2.03. The lowest BCUT2D eigenvalue weighted by atomic mass is 10.1. The Bertz CT molecular complexity index is 1050. The van der Waals surface area contributed by atoms with Crippen LogP contribution in [0.2, 0.25) is 0 Å². The van der Waals surface area contributed by atoms with Crippen LogP contribution in [-0.2, 0) is 0 Å². The van der Waals surface area contributed by atoms with E-state index in [1.807, 2.05) is 24.3 Å². The molecule has 2 aromatic carbocycles. The minimum Gasteiger partial charge on any atom is -0.455 e. The number of halogens is 1. The predicted octanol–water partition coefficient (Wildman–Crippen LogP) is 5.10. The van der Waals surface area contributed by atoms with E-state index < -0.39 is 12.7 Å². The van der Waals surface area contributed by atoms with Crippen LogP contribution in [0, 0.1) is 12.7 Å². The number of fused-ring (bicyclic) bond motifs is 3. The van der Waals surface area contributed by atoms with Gasteiger partial charge in [0.2, 0.25) is 0 Å². The van der Waals surface area contributed by atoms with E-state index >= 15 is 0 Å². The van der Waals surface area contributed by atoms with Crippen LogP contribution in [0.15, 0.2) is 59.1 Å². The van der Waals surface area contributed by atoms with Gasteiger partial charge in [0.05, 0.1) is 5.69 Å². The Kier molecular flexibility index (Phi) is 1.95. The second kappa shape index (κ2) is 4.42. The molecule has 0 amide bonds. The normalized spacial score (nSPS) is 14.0. The summed E-state index contributed by atoms with van der Waals surface area (Å²) in [5, 5.41) is 1.50. The summed E-state index contributed by atoms with van der Waals surface area (Å²) < 4.78 is 42.2. The second-order valence-corrected chi connectivity index (χ2v) is 4.86. The number of aromatic nitrogens is 1. The molecule has 0 aliphatic carbocycles. The molecule has 3 heteroatoms. The zero-order valence-corrected chi connectivity index (χ0v) is 10.9. The number of furan rings is 1. The highest BCUT2D eigenvalue weighted by atomic mass is 19.1. The molecule has 2 nitrogen and oxygen atoms in total. The molecule has 0 fully saturated rings. The fraction of sp³-hybridized carbons (Fsp3) is 0.0556. The fourth-order valence-corrected chi connectivity index (χ4v) is 2.54. The van der Waals surface area contributed by atoms with Gasteiger partial charge in [-0.05, 0) is 36.7 Å². The first-order chi connectivity index (χ1) is 11.4. The molecule has 0 aliphatic rings. The Morgan fingerprint density at radius 2 is 2.00 bits per heavy atom. The Labute approximate surface area is 125 Å². The minimum atomic E-state index is -2.22. The van der Waals surface area contributed by atoms with Crippen molar-refractivity contribution in [1.82, 2.24) is 4.98 Å². The van der Waals surface area contributed by atoms with Crippen molar-refractivity contribution in [3.8, 4) is 11.3 Å². The third kappa shape index (κ3) is 1.89. The molecule has 21 heavy (non-hydrogen) atoms. The van der Waals surface area contributed by atoms with Crippen molar-refractivity contribution in [1.29, 1.82) is 0 Å². The Morgan fingerprint density at radius 3 is 2.81 bits per heavy atom. The zero-order chi connectivity index (χ0) is 16.9. The van der Waals surface area contributed by atoms with Crippen molar-refractivity contribution in [2.24, 2.45) is 0 Å². The van der Waals surface area contributed by atoms with Gasteiger partial charge in [-0.2, -0.15) is 0 Å². The summed E-state index contributed by atoms with van der Waals surface area (Å²) in [5.74, 6) is -0.397. The first-order valence-electron chi connectivity index (χ1n) is 8.01. The quantitative estimate of drug-likeness (QED) is 0.485. The predicted molar refractivity (Wildman–Crippen MR) is 81.6 cm³/mol. The van der Waals surface area contributed by atoms with Gasteiger partial charge in [-0.3, -0.25) is 4.98 Å². The van der Waals surface area contributed by atoms with Gasteiger partial charge in [0.15, 0.2) is 0 Å². The minimum absolute atomic E-state index is 0.142. The molecule has 0 saturated carbocycles. The van der Waals surface area contributed by atoms with E-state index in [0.29, 0.717) is 27.8 Å². The fourth-order valence-electron chi connectivity index (χ4n) is 2.54. The number of hydrogen-bond acceptors (Lipinski definition) is 2. The molecular weight excluding hydrogens is 265 g/mol. The second-order valence-electron chi connectivity index (χ2n) is 4.86. The molecule has 0 spiro atoms. The first-order valence-corrected chi connectivity index (χ1v) is 6.51. The van der Waals surface area contributed by atoms with E-state index in [4.69, 9.17) is 8.53 Å². The highest BCUT2D eigenvalue weighted by molar-refractivity contribution is 6.09. The standard InChI is InChI=1S/C18H12FNO/c1-11-6-7-16(20-10-11)15-9-12(19)8-14-13-4-2-3-5-17(13)21-18(14)15/h2-10H,1H3/i1D3. The molecule has 0 bridgehead atoms. The number of hydrogen-bond donors (Lipinski definition) is 0. The van der Waals surface area contributed by atoms with E-state index in [1.165, 1.54) is 24.4 Å². The van der Waals surface area contributed by atoms with Crippen LogP contribution >= 0.6 is 0 Å². The molecule has 0 unspecified atom stereocenters. The van der Waals surface area contributed by atoms with Gasteiger partial charge < -0.3 is 4.42 Å². The summed E-state index contributed by atoms with van der Waals surface area (Å²) in [5.41, 5.74) is 2.30. The summed E-state index contributed by atoms with van der Waals surface area (Å²) in [7, 11) is 0. The lowest BCUT2D eigenvalue weighted by molar-refractivity contribution is 0.627. The zero-order valence-electron chi connectivity index (χ0n) is 13.9. The van der Waals surface area contributed by atoms with Crippen molar-refractivity contribution in [3.63, 3.8) is 0 Å². The van der Waals surface area contributed by atoms with Gasteiger partial charge in [0, 0.05) is 26.6 Å². The van der Waals surface area contributed by atoms with Crippen LogP contribution in [0.25, 0.3) is 33.2 Å². The first kappa shape index (κ1) is 9.29. The molecule has 4 aromatic rings. The molecule has 0 atom stereocenters. The molecule has 4 rings (SSSR count). The van der Waals surface area contributed by atoms with Crippen LogP contribution in [0.4, 0.5) is 4.39 Å². The molecule has 0 aliphatic heterocycles. The Hall–Kier alpha value is -2.68. The van der Waals surface area contributed by atoms with Crippen molar-refractivity contribution in [3.05, 3.63) is 66.1 Å². The summed E-state index contributed by atoms with van der Waals surface area (Å²) in [6.07, 6.45) is 1.29. The molecule has 0 N–H and O–H groups in total. The smallest absolute Gasteiger partial charge is 0.145 e. The number of rotatable bonds is 1. The number of nitrogens with zero attached hydrogens (tertiary/aromatic N) is 1. The lowest BCUT2D eigenvalue weighted by Crippen LogP contribution is -1.86. The third-order valence-electron chi connectivity index (χ3n) is 3.48. The summed E-state index contributed by atoms with van der Waals surface area (Å²) in [4.78, 5) is 4.19. The summed E-state index contributed by atoms with van der Waals surface area (Å²) in [6, 6.07) is 13.2. The summed E-state index contributed by atoms with van der Waals surface area (Å²) in [6.45, 7) is -2.22. The van der Waals surface area contributed by atoms with E-state index in [1.54, 1.807) is 6.07 Å². The van der Waals surface area contributed by atoms with E-state index in [9.17, 15) is 4.39 Å². The van der Waals surface area contributed by atoms with Gasteiger partial charge in [-0.1, -0.05) is 24.3 Å². The van der Waals surface area contributed by atoms with Crippen molar-refractivity contribution in [2.75, 3.05) is 0 Å². The maximum absolute atomic E-state index is 14.1. The average Bonchev–Trinajstić information content (AvgIpc) is 2.92. The number of benzene rings is 2. The van der Waals surface area contributed by atoms with E-state index in [-0.39, 0.29) is 5.56 Å². The van der Waals surface area contributed by atoms with Crippen molar-refractivity contribution >= 4 is 21.9 Å². The molecule has 102 valence electrons. The van der Waals surface area contributed by atoms with E-state index in [2.05, 4.69) is 4.98 Å². The monoisotopic (exact) mass is 280 g/mol. The molecule has 2 aromatic heterocycles. The van der Waals surface area contributed by atoms with Gasteiger partial charge >= 0.3 is 0 Å². The van der Waals surface area contributed by atoms with E-state index in [0.717, 1.165) is 5.39 Å². The third-order valence-corrected chi connectivity index (χ3v) is 3.48. The van der Waals surface area contributed by atoms with Crippen LogP contribution in [0.1, 0.15) is 9.68 Å². The Morgan fingerprint density at radius 1 is 1.10 bits per heavy atom. The van der Waals surface area contributed by atoms with Gasteiger partial charge in [-0.15, -0.1) is 0 Å². The molecular formula is C18H12FNO. The Balaban J connectivity index is 1.96. The van der Waals surface area contributed by atoms with Gasteiger partial charge in [0.1, 0.15) is 17.0 Å². The maximum atomic E-state index is 14.1. The molecule has 0 saturated heterocycles. The van der Waals surface area contributed by atoms with Crippen molar-refractivity contribution < 1.29 is 12.9 Å². The van der Waals surface area contributed by atoms with Gasteiger partial charge in [0.25, 0.3) is 0 Å². The highest BCUT2D eigenvalue weighted by Crippen LogP contribution is 2.35. The largest absolute Gasteiger partial charge is 0.455 e.